The van der Waals surface area contributed by atoms with Crippen LogP contribution in [0.5, 0.6) is 0 Å². The van der Waals surface area contributed by atoms with Crippen molar-refractivity contribution in [1.29, 1.82) is 0 Å². The van der Waals surface area contributed by atoms with Crippen LogP contribution in [0.1, 0.15) is 30.1 Å². The summed E-state index contributed by atoms with van der Waals surface area (Å²) >= 11 is 1.28. The quantitative estimate of drug-likeness (QED) is 0.825. The zero-order valence-electron chi connectivity index (χ0n) is 14.2. The summed E-state index contributed by atoms with van der Waals surface area (Å²) in [5.74, 6) is -0.540. The Bertz CT molecular complexity index is 621. The summed E-state index contributed by atoms with van der Waals surface area (Å²) in [5, 5.41) is 4.99. The summed E-state index contributed by atoms with van der Waals surface area (Å²) in [7, 11) is 3.53. The predicted molar refractivity (Wildman–Crippen MR) is 93.9 cm³/mol. The number of nitrogens with zero attached hydrogens (tertiary/aromatic N) is 2. The van der Waals surface area contributed by atoms with Gasteiger partial charge in [-0.1, -0.05) is 0 Å². The standard InChI is InChI=1S/C16H24N4O3S/c1-10(14(22)18-15-12(13(17)21)6-9-24-15)20-7-4-11(5-8-20)16(23)19(2)3/h6,9-11H,4-5,7-8H2,1-3H3,(H2,17,21)(H,18,22)/t10-/m0/s1. The third kappa shape index (κ3) is 4.12. The smallest absolute Gasteiger partial charge is 0.251 e. The number of primary amides is 1. The number of carbonyl (C=O) groups is 3. The molecule has 1 aromatic heterocycles. The Morgan fingerprint density at radius 3 is 2.50 bits per heavy atom. The van der Waals surface area contributed by atoms with E-state index in [9.17, 15) is 14.4 Å². The highest BCUT2D eigenvalue weighted by Gasteiger charge is 2.30. The first kappa shape index (κ1) is 18.4. The first-order valence-corrected chi connectivity index (χ1v) is 8.82. The minimum absolute atomic E-state index is 0.0327. The summed E-state index contributed by atoms with van der Waals surface area (Å²) < 4.78 is 0. The van der Waals surface area contributed by atoms with Crippen molar-refractivity contribution in [2.24, 2.45) is 11.7 Å². The van der Waals surface area contributed by atoms with E-state index in [-0.39, 0.29) is 23.8 Å². The van der Waals surface area contributed by atoms with Crippen LogP contribution in [0.4, 0.5) is 5.00 Å². The van der Waals surface area contributed by atoms with Gasteiger partial charge in [0.15, 0.2) is 0 Å². The molecule has 1 saturated heterocycles. The Morgan fingerprint density at radius 1 is 1.33 bits per heavy atom. The molecule has 0 aromatic carbocycles. The lowest BCUT2D eigenvalue weighted by atomic mass is 9.94. The maximum atomic E-state index is 12.4. The Kier molecular flexibility index (Phi) is 5.95. The normalized spacial score (nSPS) is 17.3. The van der Waals surface area contributed by atoms with Crippen molar-refractivity contribution in [3.63, 3.8) is 0 Å². The van der Waals surface area contributed by atoms with Gasteiger partial charge in [0.2, 0.25) is 11.8 Å². The molecule has 0 unspecified atom stereocenters. The fraction of sp³-hybridized carbons (Fsp3) is 0.562. The molecular formula is C16H24N4O3S. The summed E-state index contributed by atoms with van der Waals surface area (Å²) in [5.41, 5.74) is 5.62. The average Bonchev–Trinajstić information content (AvgIpc) is 3.01. The van der Waals surface area contributed by atoms with E-state index >= 15 is 0 Å². The van der Waals surface area contributed by atoms with E-state index in [0.29, 0.717) is 23.7 Å². The van der Waals surface area contributed by atoms with Gasteiger partial charge in [-0.25, -0.2) is 0 Å². The second-order valence-electron chi connectivity index (χ2n) is 6.24. The summed E-state index contributed by atoms with van der Waals surface area (Å²) in [4.78, 5) is 39.4. The lowest BCUT2D eigenvalue weighted by molar-refractivity contribution is -0.134. The number of rotatable bonds is 5. The molecule has 8 heteroatoms. The van der Waals surface area contributed by atoms with Crippen LogP contribution in [0.25, 0.3) is 0 Å². The van der Waals surface area contributed by atoms with E-state index in [1.807, 2.05) is 6.92 Å². The Balaban J connectivity index is 1.91. The van der Waals surface area contributed by atoms with Gasteiger partial charge in [-0.15, -0.1) is 11.3 Å². The number of amides is 3. The van der Waals surface area contributed by atoms with Crippen molar-refractivity contribution in [1.82, 2.24) is 9.80 Å². The number of hydrogen-bond acceptors (Lipinski definition) is 5. The molecule has 1 aliphatic heterocycles. The van der Waals surface area contributed by atoms with Gasteiger partial charge < -0.3 is 16.0 Å². The van der Waals surface area contributed by atoms with Crippen molar-refractivity contribution in [2.45, 2.75) is 25.8 Å². The number of thiophene rings is 1. The van der Waals surface area contributed by atoms with E-state index < -0.39 is 5.91 Å². The molecule has 3 amide bonds. The van der Waals surface area contributed by atoms with Gasteiger partial charge in [0.25, 0.3) is 5.91 Å². The van der Waals surface area contributed by atoms with Crippen molar-refractivity contribution < 1.29 is 14.4 Å². The predicted octanol–water partition coefficient (Wildman–Crippen LogP) is 0.974. The number of likely N-dealkylation sites (tertiary alicyclic amines) is 1. The topological polar surface area (TPSA) is 95.7 Å². The summed E-state index contributed by atoms with van der Waals surface area (Å²) in [6.07, 6.45) is 1.50. The van der Waals surface area contributed by atoms with Gasteiger partial charge in [0.1, 0.15) is 5.00 Å². The van der Waals surface area contributed by atoms with Gasteiger partial charge in [-0.2, -0.15) is 0 Å². The van der Waals surface area contributed by atoms with Crippen molar-refractivity contribution >= 4 is 34.1 Å². The molecule has 0 radical (unpaired) electrons. The number of nitrogens with one attached hydrogen (secondary N) is 1. The lowest BCUT2D eigenvalue weighted by Gasteiger charge is -2.35. The molecule has 0 saturated carbocycles. The van der Waals surface area contributed by atoms with Gasteiger partial charge in [-0.05, 0) is 44.3 Å². The Labute approximate surface area is 145 Å². The van der Waals surface area contributed by atoms with Crippen LogP contribution >= 0.6 is 11.3 Å². The van der Waals surface area contributed by atoms with E-state index in [1.54, 1.807) is 30.4 Å². The molecule has 3 N–H and O–H groups in total. The second-order valence-corrected chi connectivity index (χ2v) is 7.15. The largest absolute Gasteiger partial charge is 0.366 e. The second kappa shape index (κ2) is 7.76. The molecule has 132 valence electrons. The minimum atomic E-state index is -0.554. The molecular weight excluding hydrogens is 328 g/mol. The Hall–Kier alpha value is -1.93. The maximum absolute atomic E-state index is 12.4. The molecule has 0 spiro atoms. The van der Waals surface area contributed by atoms with E-state index in [1.165, 1.54) is 11.3 Å². The molecule has 24 heavy (non-hydrogen) atoms. The van der Waals surface area contributed by atoms with Crippen LogP contribution in [0, 0.1) is 5.92 Å². The fourth-order valence-corrected chi connectivity index (χ4v) is 3.68. The van der Waals surface area contributed by atoms with E-state index in [0.717, 1.165) is 12.8 Å². The number of nitrogens with two attached hydrogens (primary N) is 1. The van der Waals surface area contributed by atoms with Crippen LogP contribution in [0.3, 0.4) is 0 Å². The van der Waals surface area contributed by atoms with Gasteiger partial charge >= 0.3 is 0 Å². The fourth-order valence-electron chi connectivity index (χ4n) is 2.88. The molecule has 0 aliphatic carbocycles. The summed E-state index contributed by atoms with van der Waals surface area (Å²) in [6.45, 7) is 3.23. The molecule has 2 rings (SSSR count). The first-order chi connectivity index (χ1) is 11.3. The highest BCUT2D eigenvalue weighted by Crippen LogP contribution is 2.24. The van der Waals surface area contributed by atoms with Gasteiger partial charge in [-0.3, -0.25) is 19.3 Å². The molecule has 0 bridgehead atoms. The zero-order valence-corrected chi connectivity index (χ0v) is 15.1. The molecule has 2 heterocycles. The van der Waals surface area contributed by atoms with Crippen molar-refractivity contribution in [3.05, 3.63) is 17.0 Å². The van der Waals surface area contributed by atoms with Crippen LogP contribution in [-0.2, 0) is 9.59 Å². The van der Waals surface area contributed by atoms with Gasteiger partial charge in [0, 0.05) is 20.0 Å². The van der Waals surface area contributed by atoms with E-state index in [2.05, 4.69) is 10.2 Å². The summed E-state index contributed by atoms with van der Waals surface area (Å²) in [6, 6.07) is 1.27. The van der Waals surface area contributed by atoms with Crippen molar-refractivity contribution in [2.75, 3.05) is 32.5 Å². The van der Waals surface area contributed by atoms with Crippen LogP contribution in [0.15, 0.2) is 11.4 Å². The molecule has 1 atom stereocenters. The lowest BCUT2D eigenvalue weighted by Crippen LogP contribution is -2.48. The monoisotopic (exact) mass is 352 g/mol. The van der Waals surface area contributed by atoms with Crippen LogP contribution in [0.2, 0.25) is 0 Å². The van der Waals surface area contributed by atoms with Crippen molar-refractivity contribution in [3.8, 4) is 0 Å². The van der Waals surface area contributed by atoms with Crippen LogP contribution < -0.4 is 11.1 Å². The highest BCUT2D eigenvalue weighted by atomic mass is 32.1. The van der Waals surface area contributed by atoms with E-state index in [4.69, 9.17) is 5.73 Å². The SMILES string of the molecule is C[C@@H](C(=O)Nc1sccc1C(N)=O)N1CCC(C(=O)N(C)C)CC1. The average molecular weight is 352 g/mol. The molecule has 7 nitrogen and oxygen atoms in total. The van der Waals surface area contributed by atoms with Crippen LogP contribution in [-0.4, -0.2) is 60.7 Å². The molecule has 1 aromatic rings. The molecule has 1 fully saturated rings. The molecule has 1 aliphatic rings. The van der Waals surface area contributed by atoms with Gasteiger partial charge in [0.05, 0.1) is 11.6 Å². The number of carbonyl (C=O) groups excluding carboxylic acids is 3. The third-order valence-electron chi connectivity index (χ3n) is 4.41. The minimum Gasteiger partial charge on any atom is -0.366 e. The maximum Gasteiger partial charge on any atom is 0.251 e. The first-order valence-electron chi connectivity index (χ1n) is 7.94. The number of hydrogen-bond donors (Lipinski definition) is 2. The number of piperidine rings is 1. The number of anilines is 1. The zero-order chi connectivity index (χ0) is 17.9. The third-order valence-corrected chi connectivity index (χ3v) is 5.24. The Morgan fingerprint density at radius 2 is 1.96 bits per heavy atom. The highest BCUT2D eigenvalue weighted by molar-refractivity contribution is 7.14.